The van der Waals surface area contributed by atoms with Gasteiger partial charge in [-0.2, -0.15) is 0 Å². The molecular weight excluding hydrogens is 305 g/mol. The highest BCUT2D eigenvalue weighted by Gasteiger charge is 2.61. The van der Waals surface area contributed by atoms with Crippen LogP contribution in [0.1, 0.15) is 12.0 Å². The molecule has 1 aromatic rings. The maximum Gasteiger partial charge on any atom is 0.382 e. The molecule has 2 aliphatic heterocycles. The van der Waals surface area contributed by atoms with E-state index >= 15 is 0 Å². The van der Waals surface area contributed by atoms with Crippen molar-refractivity contribution in [1.29, 1.82) is 0 Å². The van der Waals surface area contributed by atoms with Gasteiger partial charge in [-0.05, 0) is 24.6 Å². The Hall–Kier alpha value is -1.30. The van der Waals surface area contributed by atoms with E-state index in [2.05, 4.69) is 5.16 Å². The number of nitrogens with zero attached hydrogens (tertiary/aromatic N) is 1. The third-order valence-corrected chi connectivity index (χ3v) is 3.86. The van der Waals surface area contributed by atoms with Gasteiger partial charge in [0.2, 0.25) is 0 Å². The number of benzene rings is 1. The third-order valence-electron chi connectivity index (χ3n) is 3.42. The van der Waals surface area contributed by atoms with Gasteiger partial charge in [0, 0.05) is 15.6 Å². The summed E-state index contributed by atoms with van der Waals surface area (Å²) in [5.41, 5.74) is 1.31. The summed E-state index contributed by atoms with van der Waals surface area (Å²) < 4.78 is 10.2. The SMILES string of the molecule is COC(=O)C12OCCC1C(c1cc(Cl)cc(Cl)c1)=NO2. The summed E-state index contributed by atoms with van der Waals surface area (Å²) in [4.78, 5) is 17.2. The predicted molar refractivity (Wildman–Crippen MR) is 72.9 cm³/mol. The maximum atomic E-state index is 11.9. The third kappa shape index (κ3) is 1.97. The Morgan fingerprint density at radius 1 is 1.40 bits per heavy atom. The Kier molecular flexibility index (Phi) is 3.36. The topological polar surface area (TPSA) is 57.1 Å². The normalized spacial score (nSPS) is 27.8. The molecule has 0 aliphatic carbocycles. The Bertz CT molecular complexity index is 584. The van der Waals surface area contributed by atoms with E-state index in [-0.39, 0.29) is 5.92 Å². The molecule has 2 heterocycles. The van der Waals surface area contributed by atoms with E-state index < -0.39 is 11.8 Å². The van der Waals surface area contributed by atoms with Gasteiger partial charge in [0.15, 0.2) is 0 Å². The van der Waals surface area contributed by atoms with Crippen molar-refractivity contribution in [2.75, 3.05) is 13.7 Å². The van der Waals surface area contributed by atoms with Crippen molar-refractivity contribution in [2.45, 2.75) is 12.2 Å². The monoisotopic (exact) mass is 315 g/mol. The second kappa shape index (κ2) is 4.91. The molecule has 0 bridgehead atoms. The molecule has 0 spiro atoms. The van der Waals surface area contributed by atoms with Gasteiger partial charge in [0.05, 0.1) is 25.3 Å². The van der Waals surface area contributed by atoms with Crippen molar-refractivity contribution in [1.82, 2.24) is 0 Å². The van der Waals surface area contributed by atoms with Gasteiger partial charge >= 0.3 is 11.8 Å². The van der Waals surface area contributed by atoms with Crippen LogP contribution in [0.3, 0.4) is 0 Å². The minimum atomic E-state index is -1.47. The lowest BCUT2D eigenvalue weighted by molar-refractivity contribution is -0.228. The van der Waals surface area contributed by atoms with E-state index in [4.69, 9.17) is 37.5 Å². The highest BCUT2D eigenvalue weighted by Crippen LogP contribution is 2.42. The molecule has 7 heteroatoms. The molecule has 2 aliphatic rings. The number of oxime groups is 1. The molecular formula is C13H11Cl2NO4. The quantitative estimate of drug-likeness (QED) is 0.787. The second-order valence-electron chi connectivity index (χ2n) is 4.57. The first-order chi connectivity index (χ1) is 9.56. The van der Waals surface area contributed by atoms with Gasteiger partial charge in [-0.3, -0.25) is 0 Å². The number of esters is 1. The molecule has 3 rings (SSSR count). The van der Waals surface area contributed by atoms with Gasteiger partial charge in [0.25, 0.3) is 0 Å². The van der Waals surface area contributed by atoms with Crippen LogP contribution >= 0.6 is 23.2 Å². The van der Waals surface area contributed by atoms with E-state index in [1.807, 2.05) is 0 Å². The highest BCUT2D eigenvalue weighted by atomic mass is 35.5. The lowest BCUT2D eigenvalue weighted by atomic mass is 9.89. The zero-order valence-corrected chi connectivity index (χ0v) is 12.1. The van der Waals surface area contributed by atoms with Gasteiger partial charge in [-0.1, -0.05) is 28.4 Å². The van der Waals surface area contributed by atoms with Crippen LogP contribution in [0.4, 0.5) is 0 Å². The summed E-state index contributed by atoms with van der Waals surface area (Å²) in [5, 5.41) is 4.97. The number of halogens is 2. The van der Waals surface area contributed by atoms with Crippen LogP contribution in [0.25, 0.3) is 0 Å². The standard InChI is InChI=1S/C13H11Cl2NO4/c1-18-12(17)13-10(2-3-19-13)11(16-20-13)7-4-8(14)6-9(15)5-7/h4-6,10H,2-3H2,1H3. The molecule has 2 unspecified atom stereocenters. The lowest BCUT2D eigenvalue weighted by Crippen LogP contribution is -2.45. The number of fused-ring (bicyclic) bond motifs is 1. The van der Waals surface area contributed by atoms with Gasteiger partial charge in [-0.25, -0.2) is 4.79 Å². The number of rotatable bonds is 2. The van der Waals surface area contributed by atoms with Crippen molar-refractivity contribution in [3.05, 3.63) is 33.8 Å². The van der Waals surface area contributed by atoms with Crippen LogP contribution in [-0.2, 0) is 19.1 Å². The zero-order valence-electron chi connectivity index (χ0n) is 10.6. The molecule has 1 aromatic carbocycles. The van der Waals surface area contributed by atoms with E-state index in [1.165, 1.54) is 7.11 Å². The fraction of sp³-hybridized carbons (Fsp3) is 0.385. The van der Waals surface area contributed by atoms with Crippen molar-refractivity contribution >= 4 is 34.9 Å². The number of carbonyl (C=O) groups excluding carboxylic acids is 1. The smallest absolute Gasteiger partial charge is 0.382 e. The van der Waals surface area contributed by atoms with Crippen LogP contribution in [0.5, 0.6) is 0 Å². The lowest BCUT2D eigenvalue weighted by Gasteiger charge is -2.22. The van der Waals surface area contributed by atoms with E-state index in [0.717, 1.165) is 0 Å². The molecule has 0 N–H and O–H groups in total. The van der Waals surface area contributed by atoms with Crippen molar-refractivity contribution in [3.8, 4) is 0 Å². The predicted octanol–water partition coefficient (Wildman–Crippen LogP) is 2.63. The fourth-order valence-corrected chi connectivity index (χ4v) is 3.07. The zero-order chi connectivity index (χ0) is 14.3. The number of hydrogen-bond donors (Lipinski definition) is 0. The molecule has 0 aromatic heterocycles. The number of ether oxygens (including phenoxy) is 2. The van der Waals surface area contributed by atoms with Crippen molar-refractivity contribution in [3.63, 3.8) is 0 Å². The number of hydrogen-bond acceptors (Lipinski definition) is 5. The summed E-state index contributed by atoms with van der Waals surface area (Å²) in [6.07, 6.45) is 0.609. The molecule has 106 valence electrons. The summed E-state index contributed by atoms with van der Waals surface area (Å²) >= 11 is 12.0. The Morgan fingerprint density at radius 3 is 2.75 bits per heavy atom. The number of carbonyl (C=O) groups is 1. The minimum absolute atomic E-state index is 0.329. The van der Waals surface area contributed by atoms with Gasteiger partial charge in [-0.15, -0.1) is 0 Å². The maximum absolute atomic E-state index is 11.9. The molecule has 20 heavy (non-hydrogen) atoms. The Balaban J connectivity index is 1.99. The molecule has 1 fully saturated rings. The Labute approximate surface area is 125 Å². The van der Waals surface area contributed by atoms with Crippen LogP contribution < -0.4 is 0 Å². The molecule has 0 radical (unpaired) electrons. The van der Waals surface area contributed by atoms with E-state index in [1.54, 1.807) is 18.2 Å². The second-order valence-corrected chi connectivity index (χ2v) is 5.45. The fourth-order valence-electron chi connectivity index (χ4n) is 2.54. The molecule has 2 atom stereocenters. The van der Waals surface area contributed by atoms with Gasteiger partial charge in [0.1, 0.15) is 0 Å². The van der Waals surface area contributed by atoms with Crippen LogP contribution in [0, 0.1) is 5.92 Å². The largest absolute Gasteiger partial charge is 0.464 e. The van der Waals surface area contributed by atoms with Crippen molar-refractivity contribution < 1.29 is 19.1 Å². The first kappa shape index (κ1) is 13.7. The van der Waals surface area contributed by atoms with Crippen LogP contribution in [-0.4, -0.2) is 31.2 Å². The number of methoxy groups -OCH3 is 1. The van der Waals surface area contributed by atoms with E-state index in [0.29, 0.717) is 34.3 Å². The summed E-state index contributed by atoms with van der Waals surface area (Å²) in [7, 11) is 1.29. The first-order valence-electron chi connectivity index (χ1n) is 6.02. The Morgan fingerprint density at radius 2 is 2.10 bits per heavy atom. The minimum Gasteiger partial charge on any atom is -0.464 e. The highest BCUT2D eigenvalue weighted by molar-refractivity contribution is 6.35. The summed E-state index contributed by atoms with van der Waals surface area (Å²) in [6.45, 7) is 0.396. The van der Waals surface area contributed by atoms with Crippen LogP contribution in [0.15, 0.2) is 23.4 Å². The van der Waals surface area contributed by atoms with E-state index in [9.17, 15) is 4.79 Å². The molecule has 0 amide bonds. The average Bonchev–Trinajstić information content (AvgIpc) is 2.95. The molecule has 0 saturated carbocycles. The average molecular weight is 316 g/mol. The summed E-state index contributed by atoms with van der Waals surface area (Å²) in [5.74, 6) is -2.39. The molecule has 5 nitrogen and oxygen atoms in total. The van der Waals surface area contributed by atoms with Crippen molar-refractivity contribution in [2.24, 2.45) is 11.1 Å². The van der Waals surface area contributed by atoms with Crippen LogP contribution in [0.2, 0.25) is 10.0 Å². The summed E-state index contributed by atoms with van der Waals surface area (Å²) in [6, 6.07) is 5.07. The van der Waals surface area contributed by atoms with Gasteiger partial charge < -0.3 is 14.3 Å². The molecule has 1 saturated heterocycles. The first-order valence-corrected chi connectivity index (χ1v) is 6.77.